The summed E-state index contributed by atoms with van der Waals surface area (Å²) in [5.74, 6) is -0.827. The van der Waals surface area contributed by atoms with Crippen LogP contribution >= 0.6 is 11.6 Å². The quantitative estimate of drug-likeness (QED) is 0.347. The lowest BCUT2D eigenvalue weighted by atomic mass is 10.1. The summed E-state index contributed by atoms with van der Waals surface area (Å²) < 4.78 is 23.5. The van der Waals surface area contributed by atoms with Crippen molar-refractivity contribution >= 4 is 55.5 Å². The summed E-state index contributed by atoms with van der Waals surface area (Å²) in [5, 5.41) is 6.65. The van der Waals surface area contributed by atoms with Gasteiger partial charge in [-0.15, -0.1) is 0 Å². The Morgan fingerprint density at radius 2 is 1.68 bits per heavy atom. The largest absolute Gasteiger partial charge is 0.351 e. The first-order valence-corrected chi connectivity index (χ1v) is 12.6. The second-order valence-electron chi connectivity index (χ2n) is 8.13. The van der Waals surface area contributed by atoms with E-state index < -0.39 is 15.7 Å². The molecule has 0 saturated carbocycles. The van der Waals surface area contributed by atoms with Gasteiger partial charge in [-0.2, -0.15) is 0 Å². The number of aromatic amines is 1. The van der Waals surface area contributed by atoms with Crippen LogP contribution in [0.25, 0.3) is 10.9 Å². The van der Waals surface area contributed by atoms with Crippen molar-refractivity contribution in [3.05, 3.63) is 88.1 Å². The molecule has 0 aliphatic carbocycles. The normalized spacial score (nSPS) is 11.4. The van der Waals surface area contributed by atoms with Crippen LogP contribution in [0.4, 0.5) is 11.4 Å². The van der Waals surface area contributed by atoms with E-state index in [1.807, 2.05) is 19.9 Å². The van der Waals surface area contributed by atoms with E-state index in [1.165, 1.54) is 30.3 Å². The van der Waals surface area contributed by atoms with Gasteiger partial charge in [-0.25, -0.2) is 8.42 Å². The number of benzene rings is 3. The Hall–Kier alpha value is -3.62. The number of aryl methyl sites for hydroxylation is 2. The van der Waals surface area contributed by atoms with Gasteiger partial charge in [-0.3, -0.25) is 9.59 Å². The molecule has 0 radical (unpaired) electrons. The molecule has 3 aromatic carbocycles. The SMILES string of the molecule is Cc1cc(C)c2cc(C(=O)Nc3ccc(NC(=O)c4cccc(S(C)(=O)=O)c4)c(Cl)c3)[nH]c2c1. The van der Waals surface area contributed by atoms with E-state index in [1.54, 1.807) is 18.2 Å². The molecule has 34 heavy (non-hydrogen) atoms. The fraction of sp³-hybridized carbons (Fsp3) is 0.120. The summed E-state index contributed by atoms with van der Waals surface area (Å²) >= 11 is 6.33. The van der Waals surface area contributed by atoms with Gasteiger partial charge in [-0.1, -0.05) is 23.7 Å². The number of carbonyl (C=O) groups is 2. The van der Waals surface area contributed by atoms with Gasteiger partial charge in [0.1, 0.15) is 5.69 Å². The molecule has 0 bridgehead atoms. The monoisotopic (exact) mass is 495 g/mol. The van der Waals surface area contributed by atoms with E-state index in [0.29, 0.717) is 17.1 Å². The molecular formula is C25H22ClN3O4S. The Labute approximate surface area is 202 Å². The molecule has 0 saturated heterocycles. The van der Waals surface area contributed by atoms with Crippen LogP contribution < -0.4 is 10.6 Å². The van der Waals surface area contributed by atoms with Gasteiger partial charge in [0.05, 0.1) is 15.6 Å². The van der Waals surface area contributed by atoms with Crippen LogP contribution in [0.1, 0.15) is 32.0 Å². The lowest BCUT2D eigenvalue weighted by Crippen LogP contribution is -2.14. The predicted octanol–water partition coefficient (Wildman–Crippen LogP) is 5.35. The fourth-order valence-electron chi connectivity index (χ4n) is 3.68. The molecule has 0 spiro atoms. The smallest absolute Gasteiger partial charge is 0.272 e. The summed E-state index contributed by atoms with van der Waals surface area (Å²) in [6.45, 7) is 3.99. The van der Waals surface area contributed by atoms with Crippen LogP contribution in [0.15, 0.2) is 65.6 Å². The van der Waals surface area contributed by atoms with Gasteiger partial charge in [0.25, 0.3) is 11.8 Å². The number of nitrogens with one attached hydrogen (secondary N) is 3. The first-order chi connectivity index (χ1) is 16.0. The van der Waals surface area contributed by atoms with Crippen molar-refractivity contribution in [1.82, 2.24) is 4.98 Å². The molecule has 3 N–H and O–H groups in total. The van der Waals surface area contributed by atoms with Crippen LogP contribution in [0, 0.1) is 13.8 Å². The number of H-pyrrole nitrogens is 1. The lowest BCUT2D eigenvalue weighted by molar-refractivity contribution is 0.101. The maximum atomic E-state index is 12.7. The molecule has 0 atom stereocenters. The van der Waals surface area contributed by atoms with E-state index in [9.17, 15) is 18.0 Å². The zero-order chi connectivity index (χ0) is 24.6. The molecule has 0 fully saturated rings. The van der Waals surface area contributed by atoms with E-state index in [2.05, 4.69) is 21.7 Å². The molecule has 1 heterocycles. The van der Waals surface area contributed by atoms with E-state index in [0.717, 1.165) is 28.3 Å². The highest BCUT2D eigenvalue weighted by atomic mass is 35.5. The lowest BCUT2D eigenvalue weighted by Gasteiger charge is -2.10. The highest BCUT2D eigenvalue weighted by Crippen LogP contribution is 2.27. The third kappa shape index (κ3) is 4.98. The molecule has 4 rings (SSSR count). The summed E-state index contributed by atoms with van der Waals surface area (Å²) in [7, 11) is -3.44. The van der Waals surface area contributed by atoms with Crippen molar-refractivity contribution in [2.24, 2.45) is 0 Å². The average molecular weight is 496 g/mol. The molecule has 174 valence electrons. The predicted molar refractivity (Wildman–Crippen MR) is 135 cm³/mol. The number of halogens is 1. The topological polar surface area (TPSA) is 108 Å². The van der Waals surface area contributed by atoms with Crippen molar-refractivity contribution in [1.29, 1.82) is 0 Å². The minimum atomic E-state index is -3.44. The number of sulfone groups is 1. The van der Waals surface area contributed by atoms with Gasteiger partial charge < -0.3 is 15.6 Å². The summed E-state index contributed by atoms with van der Waals surface area (Å²) in [6.07, 6.45) is 1.08. The molecule has 7 nitrogen and oxygen atoms in total. The van der Waals surface area contributed by atoms with Gasteiger partial charge in [0, 0.05) is 28.4 Å². The van der Waals surface area contributed by atoms with Crippen molar-refractivity contribution < 1.29 is 18.0 Å². The maximum Gasteiger partial charge on any atom is 0.272 e. The van der Waals surface area contributed by atoms with E-state index >= 15 is 0 Å². The first kappa shape index (κ1) is 23.5. The van der Waals surface area contributed by atoms with Crippen molar-refractivity contribution in [3.8, 4) is 0 Å². The Kier molecular flexibility index (Phi) is 6.20. The van der Waals surface area contributed by atoms with Crippen LogP contribution in [-0.4, -0.2) is 31.5 Å². The van der Waals surface area contributed by atoms with Gasteiger partial charge >= 0.3 is 0 Å². The first-order valence-electron chi connectivity index (χ1n) is 10.3. The second-order valence-corrected chi connectivity index (χ2v) is 10.6. The second kappa shape index (κ2) is 8.96. The molecule has 4 aromatic rings. The highest BCUT2D eigenvalue weighted by Gasteiger charge is 2.15. The molecule has 0 unspecified atom stereocenters. The standard InChI is InChI=1S/C25H22ClN3O4S/c1-14-9-15(2)19-13-23(28-22(19)10-14)25(31)27-17-7-8-21(20(26)12-17)29-24(30)16-5-4-6-18(11-16)34(3,32)33/h4-13,28H,1-3H3,(H,27,31)(H,29,30). The maximum absolute atomic E-state index is 12.7. The van der Waals surface area contributed by atoms with Crippen molar-refractivity contribution in [3.63, 3.8) is 0 Å². The Bertz CT molecular complexity index is 1560. The van der Waals surface area contributed by atoms with E-state index in [-0.39, 0.29) is 21.4 Å². The molecule has 1 aromatic heterocycles. The summed E-state index contributed by atoms with van der Waals surface area (Å²) in [5.41, 5.74) is 4.45. The Balaban J connectivity index is 1.50. The van der Waals surface area contributed by atoms with Gasteiger partial charge in [0.2, 0.25) is 0 Å². The van der Waals surface area contributed by atoms with E-state index in [4.69, 9.17) is 11.6 Å². The Morgan fingerprint density at radius 1 is 0.912 bits per heavy atom. The van der Waals surface area contributed by atoms with Crippen LogP contribution in [-0.2, 0) is 9.84 Å². The number of anilines is 2. The third-order valence-electron chi connectivity index (χ3n) is 5.33. The third-order valence-corrected chi connectivity index (χ3v) is 6.76. The average Bonchev–Trinajstić information content (AvgIpc) is 3.20. The number of hydrogen-bond acceptors (Lipinski definition) is 4. The number of rotatable bonds is 5. The van der Waals surface area contributed by atoms with Crippen LogP contribution in [0.2, 0.25) is 5.02 Å². The van der Waals surface area contributed by atoms with Gasteiger partial charge in [0.15, 0.2) is 9.84 Å². The number of fused-ring (bicyclic) bond motifs is 1. The minimum Gasteiger partial charge on any atom is -0.351 e. The Morgan fingerprint density at radius 3 is 2.38 bits per heavy atom. The zero-order valence-electron chi connectivity index (χ0n) is 18.7. The fourth-order valence-corrected chi connectivity index (χ4v) is 4.57. The number of aromatic nitrogens is 1. The summed E-state index contributed by atoms with van der Waals surface area (Å²) in [6, 6.07) is 16.3. The number of carbonyl (C=O) groups excluding carboxylic acids is 2. The molecule has 0 aliphatic heterocycles. The number of amides is 2. The zero-order valence-corrected chi connectivity index (χ0v) is 20.3. The molecule has 0 aliphatic rings. The number of hydrogen-bond donors (Lipinski definition) is 3. The van der Waals surface area contributed by atoms with Crippen molar-refractivity contribution in [2.45, 2.75) is 18.7 Å². The van der Waals surface area contributed by atoms with Crippen LogP contribution in [0.3, 0.4) is 0 Å². The highest BCUT2D eigenvalue weighted by molar-refractivity contribution is 7.90. The minimum absolute atomic E-state index is 0.0478. The van der Waals surface area contributed by atoms with Crippen LogP contribution in [0.5, 0.6) is 0 Å². The molecule has 2 amide bonds. The van der Waals surface area contributed by atoms with Crippen molar-refractivity contribution in [2.75, 3.05) is 16.9 Å². The molecule has 9 heteroatoms. The molecular weight excluding hydrogens is 474 g/mol. The summed E-state index contributed by atoms with van der Waals surface area (Å²) in [4.78, 5) is 28.5. The van der Waals surface area contributed by atoms with Gasteiger partial charge in [-0.05, 0) is 73.5 Å².